The third-order valence-corrected chi connectivity index (χ3v) is 1.91. The highest BCUT2D eigenvalue weighted by molar-refractivity contribution is 5.98. The summed E-state index contributed by atoms with van der Waals surface area (Å²) in [5.74, 6) is -0.713. The molecule has 0 heterocycles. The van der Waals surface area contributed by atoms with E-state index in [0.717, 1.165) is 0 Å². The van der Waals surface area contributed by atoms with Crippen molar-refractivity contribution in [3.05, 3.63) is 41.0 Å². The first-order chi connectivity index (χ1) is 7.72. The van der Waals surface area contributed by atoms with Crippen molar-refractivity contribution in [2.45, 2.75) is 0 Å². The summed E-state index contributed by atoms with van der Waals surface area (Å²) in [6.45, 7) is 0. The molecule has 1 aromatic rings. The maximum absolute atomic E-state index is 11.2. The largest absolute Gasteiger partial charge is 0.465 e. The summed E-state index contributed by atoms with van der Waals surface area (Å²) in [5, 5.41) is 17.6. The van der Waals surface area contributed by atoms with Gasteiger partial charge in [-0.2, -0.15) is 10.5 Å². The molecular weight excluding hydrogens is 204 g/mol. The van der Waals surface area contributed by atoms with Gasteiger partial charge in [-0.3, -0.25) is 0 Å². The second-order valence-electron chi connectivity index (χ2n) is 2.86. The monoisotopic (exact) mass is 212 g/mol. The van der Waals surface area contributed by atoms with Crippen LogP contribution in [0.5, 0.6) is 0 Å². The number of nitrogens with zero attached hydrogens (tertiary/aromatic N) is 2. The van der Waals surface area contributed by atoms with E-state index in [-0.39, 0.29) is 5.57 Å². The molecule has 0 bridgehead atoms. The van der Waals surface area contributed by atoms with Crippen LogP contribution in [0.25, 0.3) is 6.08 Å². The first kappa shape index (κ1) is 11.5. The van der Waals surface area contributed by atoms with Gasteiger partial charge < -0.3 is 4.74 Å². The summed E-state index contributed by atoms with van der Waals surface area (Å²) in [7, 11) is 1.20. The predicted molar refractivity (Wildman–Crippen MR) is 56.8 cm³/mol. The Bertz CT molecular complexity index is 519. The van der Waals surface area contributed by atoms with Crippen LogP contribution < -0.4 is 0 Å². The zero-order chi connectivity index (χ0) is 12.0. The molecule has 1 aromatic carbocycles. The van der Waals surface area contributed by atoms with Crippen LogP contribution in [0.15, 0.2) is 29.8 Å². The molecule has 4 heteroatoms. The number of benzene rings is 1. The fourth-order valence-corrected chi connectivity index (χ4v) is 1.13. The van der Waals surface area contributed by atoms with E-state index in [1.807, 2.05) is 6.07 Å². The Labute approximate surface area is 93.0 Å². The van der Waals surface area contributed by atoms with Gasteiger partial charge in [0.05, 0.1) is 18.7 Å². The molecule has 0 aromatic heterocycles. The molecule has 0 unspecified atom stereocenters. The number of carbonyl (C=O) groups excluding carboxylic acids is 1. The molecule has 0 fully saturated rings. The molecule has 0 spiro atoms. The first-order valence-corrected chi connectivity index (χ1v) is 4.42. The average molecular weight is 212 g/mol. The van der Waals surface area contributed by atoms with Crippen molar-refractivity contribution in [3.8, 4) is 12.1 Å². The standard InChI is InChI=1S/C12H8N2O2/c1-16-12(15)11(8-14)6-9-4-2-3-5-10(9)7-13/h2-6H,1H3. The highest BCUT2D eigenvalue weighted by Gasteiger charge is 2.09. The number of ether oxygens (including phenoxy) is 1. The predicted octanol–water partition coefficient (Wildman–Crippen LogP) is 1.64. The van der Waals surface area contributed by atoms with Crippen molar-refractivity contribution in [3.63, 3.8) is 0 Å². The number of esters is 1. The molecule has 0 aliphatic heterocycles. The zero-order valence-electron chi connectivity index (χ0n) is 8.60. The van der Waals surface area contributed by atoms with Crippen molar-refractivity contribution < 1.29 is 9.53 Å². The lowest BCUT2D eigenvalue weighted by Crippen LogP contribution is -2.02. The smallest absolute Gasteiger partial charge is 0.348 e. The van der Waals surface area contributed by atoms with E-state index in [1.165, 1.54) is 13.2 Å². The van der Waals surface area contributed by atoms with Gasteiger partial charge in [-0.05, 0) is 17.7 Å². The van der Waals surface area contributed by atoms with Crippen molar-refractivity contribution >= 4 is 12.0 Å². The number of hydrogen-bond acceptors (Lipinski definition) is 4. The highest BCUT2D eigenvalue weighted by atomic mass is 16.5. The van der Waals surface area contributed by atoms with Crippen LogP contribution in [0.4, 0.5) is 0 Å². The Kier molecular flexibility index (Phi) is 3.83. The van der Waals surface area contributed by atoms with Gasteiger partial charge in [0.2, 0.25) is 0 Å². The van der Waals surface area contributed by atoms with Crippen LogP contribution in [0.1, 0.15) is 11.1 Å². The molecule has 16 heavy (non-hydrogen) atoms. The first-order valence-electron chi connectivity index (χ1n) is 4.42. The molecule has 0 saturated heterocycles. The molecule has 0 aliphatic carbocycles. The third kappa shape index (κ3) is 2.46. The fourth-order valence-electron chi connectivity index (χ4n) is 1.13. The molecule has 1 rings (SSSR count). The Hall–Kier alpha value is -2.59. The lowest BCUT2D eigenvalue weighted by atomic mass is 10.1. The highest BCUT2D eigenvalue weighted by Crippen LogP contribution is 2.12. The molecule has 0 aliphatic rings. The number of rotatable bonds is 2. The van der Waals surface area contributed by atoms with Crippen LogP contribution in [0.3, 0.4) is 0 Å². The Morgan fingerprint density at radius 3 is 2.62 bits per heavy atom. The zero-order valence-corrected chi connectivity index (χ0v) is 8.60. The summed E-state index contributed by atoms with van der Waals surface area (Å²) in [4.78, 5) is 11.2. The second kappa shape index (κ2) is 5.33. The molecule has 0 saturated carbocycles. The maximum Gasteiger partial charge on any atom is 0.348 e. The van der Waals surface area contributed by atoms with Crippen LogP contribution in [-0.2, 0) is 9.53 Å². The summed E-state index contributed by atoms with van der Waals surface area (Å²) in [6.07, 6.45) is 1.34. The van der Waals surface area contributed by atoms with Gasteiger partial charge in [0.1, 0.15) is 11.6 Å². The van der Waals surface area contributed by atoms with Crippen LogP contribution in [0, 0.1) is 22.7 Å². The van der Waals surface area contributed by atoms with Crippen molar-refractivity contribution in [2.75, 3.05) is 7.11 Å². The summed E-state index contributed by atoms with van der Waals surface area (Å²) < 4.78 is 4.44. The number of methoxy groups -OCH3 is 1. The van der Waals surface area contributed by atoms with Gasteiger partial charge in [0, 0.05) is 0 Å². The molecule has 0 amide bonds. The summed E-state index contributed by atoms with van der Waals surface area (Å²) >= 11 is 0. The lowest BCUT2D eigenvalue weighted by molar-refractivity contribution is -0.135. The van der Waals surface area contributed by atoms with Crippen molar-refractivity contribution in [1.82, 2.24) is 0 Å². The lowest BCUT2D eigenvalue weighted by Gasteiger charge is -1.98. The van der Waals surface area contributed by atoms with Crippen molar-refractivity contribution in [2.24, 2.45) is 0 Å². The van der Waals surface area contributed by atoms with Gasteiger partial charge in [-0.15, -0.1) is 0 Å². The number of hydrogen-bond donors (Lipinski definition) is 0. The number of nitriles is 2. The maximum atomic E-state index is 11.2. The van der Waals surface area contributed by atoms with E-state index in [4.69, 9.17) is 10.5 Å². The molecule has 0 radical (unpaired) electrons. The van der Waals surface area contributed by atoms with Crippen LogP contribution in [0.2, 0.25) is 0 Å². The summed E-state index contributed by atoms with van der Waals surface area (Å²) in [5.41, 5.74) is 0.788. The average Bonchev–Trinajstić information content (AvgIpc) is 2.35. The summed E-state index contributed by atoms with van der Waals surface area (Å²) in [6, 6.07) is 10.4. The van der Waals surface area contributed by atoms with E-state index < -0.39 is 5.97 Å². The molecule has 4 nitrogen and oxygen atoms in total. The van der Waals surface area contributed by atoms with Crippen molar-refractivity contribution in [1.29, 1.82) is 10.5 Å². The molecule has 0 N–H and O–H groups in total. The quantitative estimate of drug-likeness (QED) is 0.424. The Balaban J connectivity index is 3.21. The van der Waals surface area contributed by atoms with E-state index in [9.17, 15) is 4.79 Å². The second-order valence-corrected chi connectivity index (χ2v) is 2.86. The SMILES string of the molecule is COC(=O)C(C#N)=Cc1ccccc1C#N. The van der Waals surface area contributed by atoms with E-state index in [2.05, 4.69) is 4.74 Å². The molecule has 78 valence electrons. The third-order valence-electron chi connectivity index (χ3n) is 1.91. The normalized spacial score (nSPS) is 10.1. The minimum absolute atomic E-state index is 0.134. The minimum atomic E-state index is -0.713. The molecule has 0 atom stereocenters. The Morgan fingerprint density at radius 2 is 2.06 bits per heavy atom. The topological polar surface area (TPSA) is 73.9 Å². The van der Waals surface area contributed by atoms with Crippen LogP contribution >= 0.6 is 0 Å². The number of carbonyl (C=O) groups is 1. The molecular formula is C12H8N2O2. The Morgan fingerprint density at radius 1 is 1.38 bits per heavy atom. The van der Waals surface area contributed by atoms with Gasteiger partial charge in [-0.1, -0.05) is 18.2 Å². The van der Waals surface area contributed by atoms with E-state index in [0.29, 0.717) is 11.1 Å². The minimum Gasteiger partial charge on any atom is -0.465 e. The van der Waals surface area contributed by atoms with Crippen LogP contribution in [-0.4, -0.2) is 13.1 Å². The van der Waals surface area contributed by atoms with E-state index in [1.54, 1.807) is 30.3 Å². The van der Waals surface area contributed by atoms with Gasteiger partial charge in [0.15, 0.2) is 0 Å². The van der Waals surface area contributed by atoms with Gasteiger partial charge >= 0.3 is 5.97 Å². The fraction of sp³-hybridized carbons (Fsp3) is 0.0833. The van der Waals surface area contributed by atoms with Gasteiger partial charge in [-0.25, -0.2) is 4.79 Å². The van der Waals surface area contributed by atoms with Gasteiger partial charge in [0.25, 0.3) is 0 Å². The van der Waals surface area contributed by atoms with E-state index >= 15 is 0 Å².